The highest BCUT2D eigenvalue weighted by atomic mass is 128. The Labute approximate surface area is 87.9 Å². The van der Waals surface area contributed by atoms with Crippen LogP contribution in [0.1, 0.15) is 39.5 Å². The first-order valence-electron chi connectivity index (χ1n) is 3.95. The summed E-state index contributed by atoms with van der Waals surface area (Å²) in [6, 6.07) is 0. The average molecular weight is 366 g/mol. The van der Waals surface area contributed by atoms with Gasteiger partial charge in [-0.2, -0.15) is 0 Å². The molecule has 1 saturated carbocycles. The van der Waals surface area contributed by atoms with Crippen molar-refractivity contribution in [3.05, 3.63) is 0 Å². The Balaban J connectivity index is 0.000000371. The van der Waals surface area contributed by atoms with Crippen molar-refractivity contribution in [1.82, 2.24) is 0 Å². The van der Waals surface area contributed by atoms with E-state index in [9.17, 15) is 0 Å². The molecule has 0 amide bonds. The zero-order valence-electron chi connectivity index (χ0n) is 6.74. The highest BCUT2D eigenvalue weighted by Crippen LogP contribution is 2.28. The Morgan fingerprint density at radius 3 is 1.40 bits per heavy atom. The monoisotopic (exact) mass is 366 g/mol. The van der Waals surface area contributed by atoms with E-state index in [2.05, 4.69) is 51.1 Å². The van der Waals surface area contributed by atoms with Gasteiger partial charge in [0.1, 0.15) is 0 Å². The highest BCUT2D eigenvalue weighted by Gasteiger charge is 2.15. The predicted octanol–water partition coefficient (Wildman–Crippen LogP) is 4.60. The van der Waals surface area contributed by atoms with Crippen LogP contribution in [0, 0.1) is 11.8 Å². The van der Waals surface area contributed by atoms with Gasteiger partial charge in [-0.15, -0.1) is 0 Å². The summed E-state index contributed by atoms with van der Waals surface area (Å²) in [5, 5.41) is 0. The van der Waals surface area contributed by atoms with E-state index in [4.69, 9.17) is 0 Å². The second kappa shape index (κ2) is 7.13. The van der Waals surface area contributed by atoms with E-state index in [1.54, 1.807) is 0 Å². The minimum absolute atomic E-state index is 1.00. The number of halogens is 2. The molecular weight excluding hydrogens is 350 g/mol. The van der Waals surface area contributed by atoms with Crippen LogP contribution in [0.5, 0.6) is 0 Å². The summed E-state index contributed by atoms with van der Waals surface area (Å²) in [6.45, 7) is 4.76. The Hall–Kier alpha value is 1.46. The van der Waals surface area contributed by atoms with Crippen LogP contribution in [-0.4, -0.2) is 0 Å². The molecule has 0 aromatic rings. The van der Waals surface area contributed by atoms with Crippen molar-refractivity contribution >= 4 is 37.2 Å². The Morgan fingerprint density at radius 1 is 0.900 bits per heavy atom. The quantitative estimate of drug-likeness (QED) is 0.550. The maximum Gasteiger partial charge on any atom is 0 e. The average Bonchev–Trinajstić information content (AvgIpc) is 2.00. The van der Waals surface area contributed by atoms with Crippen LogP contribution >= 0.6 is 37.2 Å². The summed E-state index contributed by atoms with van der Waals surface area (Å²) in [5.41, 5.74) is 0. The standard InChI is InChI=1S/C8H16.I2/c1-7-5-3-4-6-8(7)2;1-2/h7-8H,3-6H2,1-2H3;. The summed E-state index contributed by atoms with van der Waals surface area (Å²) < 4.78 is 0. The van der Waals surface area contributed by atoms with Crippen LogP contribution < -0.4 is 0 Å². The van der Waals surface area contributed by atoms with Crippen LogP contribution in [0.3, 0.4) is 0 Å². The summed E-state index contributed by atoms with van der Waals surface area (Å²) in [7, 11) is 0. The predicted molar refractivity (Wildman–Crippen MR) is 64.8 cm³/mol. The molecule has 0 heterocycles. The van der Waals surface area contributed by atoms with E-state index in [0.717, 1.165) is 11.8 Å². The molecule has 0 bridgehead atoms. The lowest BCUT2D eigenvalue weighted by Crippen LogP contribution is -2.12. The van der Waals surface area contributed by atoms with Gasteiger partial charge in [-0.05, 0) is 11.8 Å². The van der Waals surface area contributed by atoms with E-state index in [0.29, 0.717) is 0 Å². The second-order valence-electron chi connectivity index (χ2n) is 3.24. The van der Waals surface area contributed by atoms with Crippen LogP contribution in [-0.2, 0) is 0 Å². The van der Waals surface area contributed by atoms with Crippen molar-refractivity contribution in [2.24, 2.45) is 11.8 Å². The molecule has 0 N–H and O–H groups in total. The van der Waals surface area contributed by atoms with E-state index in [1.165, 1.54) is 25.7 Å². The molecule has 2 heteroatoms. The first-order chi connectivity index (χ1) is 4.80. The van der Waals surface area contributed by atoms with Crippen LogP contribution in [0.4, 0.5) is 0 Å². The summed E-state index contributed by atoms with van der Waals surface area (Å²) in [5.74, 6) is 2.01. The largest absolute Gasteiger partial charge is 0.0623 e. The fraction of sp³-hybridized carbons (Fsp3) is 1.00. The van der Waals surface area contributed by atoms with Crippen LogP contribution in [0.2, 0.25) is 0 Å². The Kier molecular flexibility index (Phi) is 8.17. The van der Waals surface area contributed by atoms with Crippen molar-refractivity contribution in [1.29, 1.82) is 0 Å². The molecule has 1 rings (SSSR count). The van der Waals surface area contributed by atoms with Crippen molar-refractivity contribution in [3.8, 4) is 0 Å². The molecule has 0 aromatic heterocycles. The Morgan fingerprint density at radius 2 is 1.20 bits per heavy atom. The lowest BCUT2D eigenvalue weighted by Gasteiger charge is -2.24. The van der Waals surface area contributed by atoms with E-state index in [-0.39, 0.29) is 0 Å². The van der Waals surface area contributed by atoms with Gasteiger partial charge >= 0.3 is 0 Å². The third-order valence-corrected chi connectivity index (χ3v) is 2.54. The van der Waals surface area contributed by atoms with Crippen molar-refractivity contribution in [3.63, 3.8) is 0 Å². The van der Waals surface area contributed by atoms with Gasteiger partial charge < -0.3 is 0 Å². The Bertz CT molecular complexity index is 63.7. The second-order valence-corrected chi connectivity index (χ2v) is 3.24. The smallest absolute Gasteiger partial charge is 0 e. The molecule has 1 aliphatic rings. The molecule has 2 unspecified atom stereocenters. The summed E-state index contributed by atoms with van der Waals surface area (Å²) >= 11 is 4.24. The van der Waals surface area contributed by atoms with E-state index in [1.807, 2.05) is 0 Å². The first kappa shape index (κ1) is 11.5. The van der Waals surface area contributed by atoms with Crippen molar-refractivity contribution in [2.75, 3.05) is 0 Å². The minimum atomic E-state index is 1.00. The number of hydrogen-bond donors (Lipinski definition) is 0. The summed E-state index contributed by atoms with van der Waals surface area (Å²) in [6.07, 6.45) is 5.90. The summed E-state index contributed by atoms with van der Waals surface area (Å²) in [4.78, 5) is 0. The van der Waals surface area contributed by atoms with Gasteiger partial charge in [0.2, 0.25) is 0 Å². The van der Waals surface area contributed by atoms with Crippen molar-refractivity contribution in [2.45, 2.75) is 39.5 Å². The van der Waals surface area contributed by atoms with Gasteiger partial charge in [-0.1, -0.05) is 39.5 Å². The molecule has 0 spiro atoms. The third kappa shape index (κ3) is 4.36. The highest BCUT2D eigenvalue weighted by molar-refractivity contribution is 15.0. The minimum Gasteiger partial charge on any atom is -0.0623 e. The molecule has 1 aliphatic carbocycles. The number of rotatable bonds is 0. The zero-order chi connectivity index (χ0) is 7.98. The molecule has 0 nitrogen and oxygen atoms in total. The van der Waals surface area contributed by atoms with Gasteiger partial charge in [0.25, 0.3) is 0 Å². The molecule has 10 heavy (non-hydrogen) atoms. The van der Waals surface area contributed by atoms with Crippen LogP contribution in [0.15, 0.2) is 0 Å². The maximum atomic E-state index is 2.38. The third-order valence-electron chi connectivity index (χ3n) is 2.54. The molecule has 0 saturated heterocycles. The topological polar surface area (TPSA) is 0 Å². The van der Waals surface area contributed by atoms with E-state index < -0.39 is 0 Å². The molecular formula is C8H16I2. The first-order valence-corrected chi connectivity index (χ1v) is 10.2. The number of hydrogen-bond acceptors (Lipinski definition) is 0. The normalized spacial score (nSPS) is 32.4. The zero-order valence-corrected chi connectivity index (χ0v) is 11.1. The van der Waals surface area contributed by atoms with Gasteiger partial charge in [0, 0.05) is 37.2 Å². The van der Waals surface area contributed by atoms with Crippen molar-refractivity contribution < 1.29 is 0 Å². The lowest BCUT2D eigenvalue weighted by molar-refractivity contribution is 0.277. The molecule has 0 radical (unpaired) electrons. The molecule has 0 aromatic carbocycles. The van der Waals surface area contributed by atoms with Gasteiger partial charge in [0.05, 0.1) is 0 Å². The van der Waals surface area contributed by atoms with Gasteiger partial charge in [-0.25, -0.2) is 0 Å². The maximum absolute atomic E-state index is 2.38. The molecule has 1 fully saturated rings. The molecule has 0 aliphatic heterocycles. The molecule has 62 valence electrons. The molecule has 2 atom stereocenters. The SMILES string of the molecule is CC1CCCCC1C.II. The van der Waals surface area contributed by atoms with Gasteiger partial charge in [-0.3, -0.25) is 0 Å². The fourth-order valence-corrected chi connectivity index (χ4v) is 1.50. The van der Waals surface area contributed by atoms with Gasteiger partial charge in [0.15, 0.2) is 0 Å². The van der Waals surface area contributed by atoms with Crippen LogP contribution in [0.25, 0.3) is 0 Å². The lowest BCUT2D eigenvalue weighted by atomic mass is 9.82. The van der Waals surface area contributed by atoms with E-state index >= 15 is 0 Å². The fourth-order valence-electron chi connectivity index (χ4n) is 1.50.